The van der Waals surface area contributed by atoms with Gasteiger partial charge in [0.25, 0.3) is 0 Å². The van der Waals surface area contributed by atoms with E-state index in [1.54, 1.807) is 0 Å². The highest BCUT2D eigenvalue weighted by molar-refractivity contribution is 6.28. The first kappa shape index (κ1) is 12.4. The zero-order chi connectivity index (χ0) is 12.3. The number of nitrogens with zero attached hydrogens (tertiary/aromatic N) is 4. The average molecular weight is 257 g/mol. The van der Waals surface area contributed by atoms with Crippen molar-refractivity contribution in [1.82, 2.24) is 15.0 Å². The minimum absolute atomic E-state index is 0.192. The number of hydrogen-bond acceptors (Lipinski definition) is 5. The molecule has 0 atom stereocenters. The first-order valence-corrected chi connectivity index (χ1v) is 6.36. The van der Waals surface area contributed by atoms with E-state index in [4.69, 9.17) is 16.3 Å². The van der Waals surface area contributed by atoms with Crippen LogP contribution in [0.1, 0.15) is 26.7 Å². The van der Waals surface area contributed by atoms with Crippen LogP contribution in [0.2, 0.25) is 5.28 Å². The molecule has 0 aliphatic carbocycles. The molecule has 5 nitrogen and oxygen atoms in total. The molecular formula is C11H17ClN4O. The zero-order valence-electron chi connectivity index (χ0n) is 10.2. The van der Waals surface area contributed by atoms with Gasteiger partial charge in [-0.3, -0.25) is 0 Å². The Hall–Kier alpha value is -1.10. The highest BCUT2D eigenvalue weighted by atomic mass is 35.5. The minimum atomic E-state index is 0.192. The number of anilines is 1. The van der Waals surface area contributed by atoms with E-state index < -0.39 is 0 Å². The summed E-state index contributed by atoms with van der Waals surface area (Å²) in [6, 6.07) is 0.307. The van der Waals surface area contributed by atoms with Crippen LogP contribution in [0, 0.1) is 5.92 Å². The van der Waals surface area contributed by atoms with Crippen molar-refractivity contribution in [2.24, 2.45) is 5.92 Å². The summed E-state index contributed by atoms with van der Waals surface area (Å²) in [4.78, 5) is 14.5. The maximum atomic E-state index is 5.86. The molecular weight excluding hydrogens is 240 g/mol. The fraction of sp³-hybridized carbons (Fsp3) is 0.727. The monoisotopic (exact) mass is 256 g/mol. The molecule has 6 heteroatoms. The minimum Gasteiger partial charge on any atom is -0.464 e. The standard InChI is InChI=1S/C11H17ClN4O/c1-3-17-11-14-9(12)13-10(15-11)16-6-4-8(2)5-7-16/h8H,3-7H2,1-2H3. The third kappa shape index (κ3) is 3.19. The quantitative estimate of drug-likeness (QED) is 0.830. The van der Waals surface area contributed by atoms with Gasteiger partial charge in [0.05, 0.1) is 6.61 Å². The Bertz CT molecular complexity index is 380. The van der Waals surface area contributed by atoms with Gasteiger partial charge in [0, 0.05) is 13.1 Å². The maximum Gasteiger partial charge on any atom is 0.322 e. The molecule has 2 heterocycles. The molecule has 1 aliphatic rings. The third-order valence-electron chi connectivity index (χ3n) is 2.92. The molecule has 1 aliphatic heterocycles. The van der Waals surface area contributed by atoms with Gasteiger partial charge in [-0.2, -0.15) is 15.0 Å². The summed E-state index contributed by atoms with van der Waals surface area (Å²) >= 11 is 5.86. The predicted octanol–water partition coefficient (Wildman–Crippen LogP) is 2.16. The second-order valence-electron chi connectivity index (χ2n) is 4.29. The molecule has 1 fully saturated rings. The fourth-order valence-corrected chi connectivity index (χ4v) is 2.01. The number of rotatable bonds is 3. The molecule has 0 aromatic carbocycles. The number of halogens is 1. The Morgan fingerprint density at radius 2 is 2.00 bits per heavy atom. The predicted molar refractivity (Wildman–Crippen MR) is 66.6 cm³/mol. The van der Waals surface area contributed by atoms with Gasteiger partial charge < -0.3 is 9.64 Å². The van der Waals surface area contributed by atoms with E-state index in [-0.39, 0.29) is 5.28 Å². The molecule has 0 N–H and O–H groups in total. The summed E-state index contributed by atoms with van der Waals surface area (Å²) in [7, 11) is 0. The Morgan fingerprint density at radius 3 is 2.65 bits per heavy atom. The van der Waals surface area contributed by atoms with Crippen LogP contribution in [-0.4, -0.2) is 34.6 Å². The van der Waals surface area contributed by atoms with Crippen LogP contribution in [0.3, 0.4) is 0 Å². The van der Waals surface area contributed by atoms with Gasteiger partial charge in [-0.05, 0) is 37.3 Å². The third-order valence-corrected chi connectivity index (χ3v) is 3.08. The number of piperidine rings is 1. The van der Waals surface area contributed by atoms with Crippen LogP contribution in [0.15, 0.2) is 0 Å². The van der Waals surface area contributed by atoms with E-state index in [0.717, 1.165) is 31.8 Å². The molecule has 0 amide bonds. The van der Waals surface area contributed by atoms with Gasteiger partial charge in [-0.15, -0.1) is 0 Å². The number of hydrogen-bond donors (Lipinski definition) is 0. The summed E-state index contributed by atoms with van der Waals surface area (Å²) in [5.74, 6) is 1.40. The lowest BCUT2D eigenvalue weighted by atomic mass is 10.00. The molecule has 17 heavy (non-hydrogen) atoms. The summed E-state index contributed by atoms with van der Waals surface area (Å²) in [5.41, 5.74) is 0. The van der Waals surface area contributed by atoms with Crippen LogP contribution in [0.4, 0.5) is 5.95 Å². The van der Waals surface area contributed by atoms with Crippen molar-refractivity contribution in [3.8, 4) is 6.01 Å². The Balaban J connectivity index is 2.14. The van der Waals surface area contributed by atoms with E-state index in [9.17, 15) is 0 Å². The topological polar surface area (TPSA) is 51.1 Å². The van der Waals surface area contributed by atoms with Gasteiger partial charge in [-0.25, -0.2) is 0 Å². The summed E-state index contributed by atoms with van der Waals surface area (Å²) in [6.07, 6.45) is 2.32. The van der Waals surface area contributed by atoms with Crippen molar-refractivity contribution >= 4 is 17.5 Å². The molecule has 0 saturated carbocycles. The van der Waals surface area contributed by atoms with Crippen LogP contribution in [-0.2, 0) is 0 Å². The lowest BCUT2D eigenvalue weighted by Gasteiger charge is -2.30. The molecule has 0 unspecified atom stereocenters. The van der Waals surface area contributed by atoms with Crippen molar-refractivity contribution in [3.05, 3.63) is 5.28 Å². The number of aromatic nitrogens is 3. The van der Waals surface area contributed by atoms with E-state index in [1.807, 2.05) is 6.92 Å². The van der Waals surface area contributed by atoms with Crippen LogP contribution in [0.5, 0.6) is 6.01 Å². The molecule has 94 valence electrons. The van der Waals surface area contributed by atoms with Crippen molar-refractivity contribution in [3.63, 3.8) is 0 Å². The molecule has 1 aromatic heterocycles. The van der Waals surface area contributed by atoms with Crippen molar-refractivity contribution < 1.29 is 4.74 Å². The highest BCUT2D eigenvalue weighted by Gasteiger charge is 2.19. The number of ether oxygens (including phenoxy) is 1. The van der Waals surface area contributed by atoms with Crippen molar-refractivity contribution in [2.45, 2.75) is 26.7 Å². The lowest BCUT2D eigenvalue weighted by molar-refractivity contribution is 0.310. The van der Waals surface area contributed by atoms with Gasteiger partial charge in [0.15, 0.2) is 0 Å². The molecule has 0 bridgehead atoms. The maximum absolute atomic E-state index is 5.86. The van der Waals surface area contributed by atoms with E-state index >= 15 is 0 Å². The van der Waals surface area contributed by atoms with Crippen molar-refractivity contribution in [2.75, 3.05) is 24.6 Å². The Kier molecular flexibility index (Phi) is 3.99. The second-order valence-corrected chi connectivity index (χ2v) is 4.63. The Morgan fingerprint density at radius 1 is 1.29 bits per heavy atom. The van der Waals surface area contributed by atoms with Crippen LogP contribution < -0.4 is 9.64 Å². The van der Waals surface area contributed by atoms with E-state index in [0.29, 0.717) is 18.6 Å². The Labute approximate surface area is 106 Å². The highest BCUT2D eigenvalue weighted by Crippen LogP contribution is 2.22. The zero-order valence-corrected chi connectivity index (χ0v) is 10.9. The first-order chi connectivity index (χ1) is 8.19. The van der Waals surface area contributed by atoms with E-state index in [1.165, 1.54) is 0 Å². The van der Waals surface area contributed by atoms with Gasteiger partial charge in [-0.1, -0.05) is 6.92 Å². The SMILES string of the molecule is CCOc1nc(Cl)nc(N2CCC(C)CC2)n1. The molecule has 1 saturated heterocycles. The second kappa shape index (κ2) is 5.49. The van der Waals surface area contributed by atoms with Gasteiger partial charge in [0.1, 0.15) is 0 Å². The summed E-state index contributed by atoms with van der Waals surface area (Å²) < 4.78 is 5.27. The largest absolute Gasteiger partial charge is 0.464 e. The normalized spacial score (nSPS) is 17.2. The van der Waals surface area contributed by atoms with Gasteiger partial charge >= 0.3 is 6.01 Å². The molecule has 0 radical (unpaired) electrons. The molecule has 1 aromatic rings. The summed E-state index contributed by atoms with van der Waals surface area (Å²) in [5, 5.41) is 0.192. The lowest BCUT2D eigenvalue weighted by Crippen LogP contribution is -2.34. The summed E-state index contributed by atoms with van der Waals surface area (Å²) in [6.45, 7) is 6.61. The smallest absolute Gasteiger partial charge is 0.322 e. The first-order valence-electron chi connectivity index (χ1n) is 5.98. The van der Waals surface area contributed by atoms with Crippen LogP contribution >= 0.6 is 11.6 Å². The van der Waals surface area contributed by atoms with Crippen molar-refractivity contribution in [1.29, 1.82) is 0 Å². The van der Waals surface area contributed by atoms with Gasteiger partial charge in [0.2, 0.25) is 11.2 Å². The fourth-order valence-electron chi connectivity index (χ4n) is 1.87. The molecule has 0 spiro atoms. The average Bonchev–Trinajstić information content (AvgIpc) is 2.29. The molecule has 2 rings (SSSR count). The van der Waals surface area contributed by atoms with Crippen LogP contribution in [0.25, 0.3) is 0 Å². The van der Waals surface area contributed by atoms with E-state index in [2.05, 4.69) is 26.8 Å².